The van der Waals surface area contributed by atoms with Gasteiger partial charge in [0.1, 0.15) is 19.8 Å². The number of unbranched alkanes of at least 4 members (excludes halogenated alkanes) is 13. The molecule has 72 heavy (non-hydrogen) atoms. The number of phosphoric acid groups is 1. The average molecular weight is 1020 g/mol. The third kappa shape index (κ3) is 55.5. The van der Waals surface area contributed by atoms with Crippen LogP contribution in [0.2, 0.25) is 0 Å². The minimum atomic E-state index is -4.40. The van der Waals surface area contributed by atoms with Gasteiger partial charge in [0.2, 0.25) is 0 Å². The Kier molecular flexibility index (Phi) is 49.2. The van der Waals surface area contributed by atoms with Gasteiger partial charge in [0.15, 0.2) is 6.10 Å². The SMILES string of the molecule is CC/C=C\C/C=C\C/C=C\C/C=C\C/C=C\C/C=C\C/C=C\C/C=C\CCCCCCCCCCCCC(=O)OC(COC(=O)CCCCC/C=C\C/C=C\C/C=C\CC)COP(=O)(O)OCC[N+](C)(C)C. The van der Waals surface area contributed by atoms with Crippen LogP contribution in [0.3, 0.4) is 0 Å². The summed E-state index contributed by atoms with van der Waals surface area (Å²) in [7, 11) is 1.44. The van der Waals surface area contributed by atoms with E-state index in [1.807, 2.05) is 21.1 Å². The first kappa shape index (κ1) is 68.2. The summed E-state index contributed by atoms with van der Waals surface area (Å²) < 4.78 is 34.4. The quantitative estimate of drug-likeness (QED) is 0.0211. The van der Waals surface area contributed by atoms with Gasteiger partial charge < -0.3 is 18.9 Å². The highest BCUT2D eigenvalue weighted by Gasteiger charge is 2.27. The van der Waals surface area contributed by atoms with Crippen molar-refractivity contribution in [3.8, 4) is 0 Å². The second-order valence-corrected chi connectivity index (χ2v) is 20.7. The molecule has 2 atom stereocenters. The highest BCUT2D eigenvalue weighted by molar-refractivity contribution is 7.47. The van der Waals surface area contributed by atoms with E-state index < -0.39 is 32.5 Å². The van der Waals surface area contributed by atoms with Crippen molar-refractivity contribution in [3.05, 3.63) is 134 Å². The number of nitrogens with zero attached hydrogens (tertiary/aromatic N) is 1. The molecule has 0 spiro atoms. The maximum Gasteiger partial charge on any atom is 0.472 e. The lowest BCUT2D eigenvalue weighted by molar-refractivity contribution is -0.870. The van der Waals surface area contributed by atoms with E-state index in [0.29, 0.717) is 23.9 Å². The number of ether oxygens (including phenoxy) is 2. The maximum atomic E-state index is 12.8. The van der Waals surface area contributed by atoms with Gasteiger partial charge in [-0.2, -0.15) is 0 Å². The molecule has 0 aromatic heterocycles. The lowest BCUT2D eigenvalue weighted by atomic mass is 10.0. The number of phosphoric ester groups is 1. The monoisotopic (exact) mass is 1020 g/mol. The number of carbonyl (C=O) groups excluding carboxylic acids is 2. The molecule has 2 unspecified atom stereocenters. The van der Waals surface area contributed by atoms with Gasteiger partial charge >= 0.3 is 19.8 Å². The number of allylic oxidation sites excluding steroid dienone is 22. The van der Waals surface area contributed by atoms with Gasteiger partial charge in [0, 0.05) is 12.8 Å². The van der Waals surface area contributed by atoms with Crippen molar-refractivity contribution < 1.29 is 42.1 Å². The van der Waals surface area contributed by atoms with E-state index in [0.717, 1.165) is 116 Å². The molecule has 9 nitrogen and oxygen atoms in total. The summed E-state index contributed by atoms with van der Waals surface area (Å²) in [5.41, 5.74) is 0. The largest absolute Gasteiger partial charge is 0.472 e. The number of hydrogen-bond acceptors (Lipinski definition) is 7. The van der Waals surface area contributed by atoms with Gasteiger partial charge in [-0.25, -0.2) is 4.57 Å². The van der Waals surface area contributed by atoms with E-state index in [4.69, 9.17) is 18.5 Å². The van der Waals surface area contributed by atoms with Crippen LogP contribution < -0.4 is 0 Å². The molecule has 0 amide bonds. The second-order valence-electron chi connectivity index (χ2n) is 19.2. The molecule has 0 fully saturated rings. The van der Waals surface area contributed by atoms with Crippen LogP contribution in [0.25, 0.3) is 0 Å². The normalized spacial score (nSPS) is 14.4. The van der Waals surface area contributed by atoms with Crippen LogP contribution in [0.4, 0.5) is 0 Å². The van der Waals surface area contributed by atoms with Crippen molar-refractivity contribution in [2.24, 2.45) is 0 Å². The number of rotatable bonds is 49. The van der Waals surface area contributed by atoms with Gasteiger partial charge in [-0.1, -0.05) is 205 Å². The zero-order valence-electron chi connectivity index (χ0n) is 46.1. The third-order valence-electron chi connectivity index (χ3n) is 11.2. The molecule has 0 heterocycles. The molecule has 10 heteroatoms. The summed E-state index contributed by atoms with van der Waals surface area (Å²) in [5, 5.41) is 0. The first-order valence-corrected chi connectivity index (χ1v) is 29.4. The summed E-state index contributed by atoms with van der Waals surface area (Å²) in [6, 6.07) is 0. The van der Waals surface area contributed by atoms with Gasteiger partial charge in [-0.15, -0.1) is 0 Å². The van der Waals surface area contributed by atoms with Crippen LogP contribution in [0, 0.1) is 0 Å². The third-order valence-corrected chi connectivity index (χ3v) is 12.2. The van der Waals surface area contributed by atoms with Gasteiger partial charge in [0.05, 0.1) is 27.7 Å². The second kappa shape index (κ2) is 52.0. The summed E-state index contributed by atoms with van der Waals surface area (Å²) in [4.78, 5) is 35.5. The van der Waals surface area contributed by atoms with Crippen molar-refractivity contribution in [1.29, 1.82) is 0 Å². The smallest absolute Gasteiger partial charge is 0.462 e. The van der Waals surface area contributed by atoms with E-state index in [1.54, 1.807) is 0 Å². The fourth-order valence-corrected chi connectivity index (χ4v) is 7.67. The number of hydrogen-bond donors (Lipinski definition) is 1. The molecule has 0 aliphatic carbocycles. The molecule has 408 valence electrons. The van der Waals surface area contributed by atoms with Crippen LogP contribution in [0.5, 0.6) is 0 Å². The molecule has 0 saturated heterocycles. The van der Waals surface area contributed by atoms with E-state index in [9.17, 15) is 19.0 Å². The molecule has 0 saturated carbocycles. The van der Waals surface area contributed by atoms with Crippen molar-refractivity contribution in [2.75, 3.05) is 47.5 Å². The highest BCUT2D eigenvalue weighted by Crippen LogP contribution is 2.43. The van der Waals surface area contributed by atoms with E-state index in [1.165, 1.54) is 38.5 Å². The van der Waals surface area contributed by atoms with E-state index >= 15 is 0 Å². The minimum Gasteiger partial charge on any atom is -0.462 e. The average Bonchev–Trinajstić information content (AvgIpc) is 3.34. The lowest BCUT2D eigenvalue weighted by Gasteiger charge is -2.24. The zero-order valence-corrected chi connectivity index (χ0v) is 47.0. The molecule has 0 aliphatic heterocycles. The van der Waals surface area contributed by atoms with Crippen molar-refractivity contribution in [1.82, 2.24) is 0 Å². The van der Waals surface area contributed by atoms with Crippen LogP contribution in [-0.4, -0.2) is 74.9 Å². The summed E-state index contributed by atoms with van der Waals surface area (Å²) in [5.74, 6) is -0.848. The number of quaternary nitrogens is 1. The zero-order chi connectivity index (χ0) is 52.7. The fourth-order valence-electron chi connectivity index (χ4n) is 6.93. The molecule has 0 aromatic carbocycles. The Morgan fingerprint density at radius 2 is 0.750 bits per heavy atom. The summed E-state index contributed by atoms with van der Waals surface area (Å²) in [6.07, 6.45) is 75.3. The number of carbonyl (C=O) groups is 2. The summed E-state index contributed by atoms with van der Waals surface area (Å²) in [6.45, 7) is 4.13. The molecule has 1 N–H and O–H groups in total. The fraction of sp³-hybridized carbons (Fsp3) is 0.613. The maximum absolute atomic E-state index is 12.8. The molecule has 0 radical (unpaired) electrons. The van der Waals surface area contributed by atoms with Crippen LogP contribution in [-0.2, 0) is 32.7 Å². The van der Waals surface area contributed by atoms with Crippen molar-refractivity contribution >= 4 is 19.8 Å². The Hall–Kier alpha value is -3.85. The van der Waals surface area contributed by atoms with Crippen molar-refractivity contribution in [2.45, 2.75) is 200 Å². The molecule has 0 aliphatic rings. The number of likely N-dealkylation sites (N-methyl/N-ethyl adjacent to an activating group) is 1. The Labute approximate surface area is 441 Å². The van der Waals surface area contributed by atoms with Gasteiger partial charge in [0.25, 0.3) is 0 Å². The van der Waals surface area contributed by atoms with E-state index in [-0.39, 0.29) is 26.1 Å². The highest BCUT2D eigenvalue weighted by atomic mass is 31.2. The first-order valence-electron chi connectivity index (χ1n) is 27.9. The molecular weight excluding hydrogens is 918 g/mol. The molecular formula is C62H103NO8P+. The molecule has 0 rings (SSSR count). The lowest BCUT2D eigenvalue weighted by Crippen LogP contribution is -2.37. The standard InChI is InChI=1S/C62H102NO8P/c1-6-8-10-12-14-16-18-20-21-22-23-24-25-26-27-28-29-30-31-32-33-34-35-36-37-38-39-40-41-43-45-47-49-51-53-55-62(65)71-60(59-70-72(66,67)69-57-56-63(3,4)5)58-68-61(64)54-52-50-48-46-44-42-19-17-15-13-11-9-7-2/h8-11,14-17,20-21,23-24,26-27,29-30,32-33,35-36,42,44,60H,6-7,12-13,18-19,22,25,28,31,34,37-41,43,45-59H2,1-5H3/p+1/b10-8-,11-9-,16-14-,17-15-,21-20-,24-23-,27-26-,30-29-,33-32-,36-35-,44-42-. The van der Waals surface area contributed by atoms with Crippen LogP contribution in [0.15, 0.2) is 134 Å². The molecule has 0 aromatic rings. The van der Waals surface area contributed by atoms with Crippen LogP contribution >= 0.6 is 7.82 Å². The Balaban J connectivity index is 4.15. The molecule has 0 bridgehead atoms. The predicted octanol–water partition coefficient (Wildman–Crippen LogP) is 17.4. The summed E-state index contributed by atoms with van der Waals surface area (Å²) >= 11 is 0. The topological polar surface area (TPSA) is 108 Å². The number of esters is 2. The van der Waals surface area contributed by atoms with Crippen molar-refractivity contribution in [3.63, 3.8) is 0 Å². The van der Waals surface area contributed by atoms with Gasteiger partial charge in [-0.3, -0.25) is 18.6 Å². The Bertz CT molecular complexity index is 1670. The Morgan fingerprint density at radius 1 is 0.431 bits per heavy atom. The Morgan fingerprint density at radius 3 is 1.12 bits per heavy atom. The van der Waals surface area contributed by atoms with Crippen LogP contribution in [0.1, 0.15) is 194 Å². The minimum absolute atomic E-state index is 0.0190. The predicted molar refractivity (Wildman–Crippen MR) is 307 cm³/mol. The van der Waals surface area contributed by atoms with E-state index in [2.05, 4.69) is 148 Å². The van der Waals surface area contributed by atoms with Gasteiger partial charge in [-0.05, 0) is 109 Å². The first-order chi connectivity index (χ1) is 35.0.